The molecule has 8 nitrogen and oxygen atoms in total. The highest BCUT2D eigenvalue weighted by Crippen LogP contribution is 2.26. The molecular formula is C18H25FN4O4. The molecule has 2 heterocycles. The zero-order valence-electron chi connectivity index (χ0n) is 15.5. The summed E-state index contributed by atoms with van der Waals surface area (Å²) >= 11 is 0. The number of amides is 1. The number of rotatable bonds is 4. The van der Waals surface area contributed by atoms with Gasteiger partial charge in [-0.1, -0.05) is 0 Å². The normalized spacial score (nSPS) is 21.2. The fourth-order valence-electron chi connectivity index (χ4n) is 3.58. The average molecular weight is 380 g/mol. The molecule has 148 valence electrons. The third kappa shape index (κ3) is 4.65. The van der Waals surface area contributed by atoms with E-state index in [0.717, 1.165) is 38.4 Å². The van der Waals surface area contributed by atoms with Gasteiger partial charge in [-0.3, -0.25) is 15.0 Å². The fraction of sp³-hybridized carbons (Fsp3) is 0.611. The van der Waals surface area contributed by atoms with Crippen LogP contribution in [0.2, 0.25) is 0 Å². The molecule has 1 atom stereocenters. The second-order valence-electron chi connectivity index (χ2n) is 7.09. The molecule has 2 aliphatic rings. The molecule has 1 aromatic carbocycles. The molecule has 2 fully saturated rings. The summed E-state index contributed by atoms with van der Waals surface area (Å²) in [5.74, 6) is -0.596. The first kappa shape index (κ1) is 19.3. The molecule has 0 spiro atoms. The number of hydrogen-bond acceptors (Lipinski definition) is 6. The number of ether oxygens (including phenoxy) is 1. The van der Waals surface area contributed by atoms with Crippen molar-refractivity contribution in [3.05, 3.63) is 34.1 Å². The van der Waals surface area contributed by atoms with Gasteiger partial charge in [0.05, 0.1) is 16.7 Å². The number of halogens is 1. The Bertz CT molecular complexity index is 696. The third-order valence-electron chi connectivity index (χ3n) is 5.22. The number of hydrogen-bond donors (Lipinski definition) is 0. The number of carbonyl (C=O) groups is 1. The zero-order chi connectivity index (χ0) is 19.4. The number of anilines is 1. The molecule has 2 aliphatic heterocycles. The van der Waals surface area contributed by atoms with Gasteiger partial charge in [-0.15, -0.1) is 0 Å². The number of nitro groups is 1. The van der Waals surface area contributed by atoms with Gasteiger partial charge in [-0.05, 0) is 32.3 Å². The van der Waals surface area contributed by atoms with Crippen LogP contribution < -0.4 is 4.90 Å². The highest BCUT2D eigenvalue weighted by Gasteiger charge is 2.27. The van der Waals surface area contributed by atoms with Crippen LogP contribution in [0.5, 0.6) is 0 Å². The molecule has 1 aromatic rings. The van der Waals surface area contributed by atoms with Crippen molar-refractivity contribution >= 4 is 17.5 Å². The molecule has 1 unspecified atom stereocenters. The number of carbonyl (C=O) groups excluding carboxylic acids is 1. The topological polar surface area (TPSA) is 79.2 Å². The van der Waals surface area contributed by atoms with Gasteiger partial charge in [0.25, 0.3) is 5.69 Å². The van der Waals surface area contributed by atoms with Crippen molar-refractivity contribution in [1.29, 1.82) is 0 Å². The van der Waals surface area contributed by atoms with Gasteiger partial charge >= 0.3 is 6.09 Å². The van der Waals surface area contributed by atoms with Gasteiger partial charge in [0.2, 0.25) is 0 Å². The van der Waals surface area contributed by atoms with Crippen LogP contribution in [0.1, 0.15) is 26.2 Å². The van der Waals surface area contributed by atoms with Gasteiger partial charge in [-0.2, -0.15) is 0 Å². The van der Waals surface area contributed by atoms with Crippen molar-refractivity contribution in [2.75, 3.05) is 44.4 Å². The van der Waals surface area contributed by atoms with Crippen LogP contribution in [0, 0.1) is 15.9 Å². The van der Waals surface area contributed by atoms with Gasteiger partial charge in [0, 0.05) is 44.8 Å². The van der Waals surface area contributed by atoms with Gasteiger partial charge in [0.1, 0.15) is 6.73 Å². The number of benzene rings is 1. The summed E-state index contributed by atoms with van der Waals surface area (Å²) in [5.41, 5.74) is 0.102. The van der Waals surface area contributed by atoms with Crippen LogP contribution in [0.3, 0.4) is 0 Å². The molecule has 0 radical (unpaired) electrons. The highest BCUT2D eigenvalue weighted by molar-refractivity contribution is 5.67. The maximum Gasteiger partial charge on any atom is 0.411 e. The number of nitro benzene ring substituents is 1. The summed E-state index contributed by atoms with van der Waals surface area (Å²) in [7, 11) is 0. The molecule has 0 N–H and O–H groups in total. The summed E-state index contributed by atoms with van der Waals surface area (Å²) in [5, 5.41) is 10.8. The molecule has 9 heteroatoms. The van der Waals surface area contributed by atoms with Crippen LogP contribution in [0.25, 0.3) is 0 Å². The maximum absolute atomic E-state index is 14.2. The van der Waals surface area contributed by atoms with E-state index in [-0.39, 0.29) is 24.6 Å². The van der Waals surface area contributed by atoms with Crippen LogP contribution >= 0.6 is 0 Å². The molecule has 3 rings (SSSR count). The van der Waals surface area contributed by atoms with E-state index in [1.54, 1.807) is 4.90 Å². The zero-order valence-corrected chi connectivity index (χ0v) is 15.5. The predicted octanol–water partition coefficient (Wildman–Crippen LogP) is 2.82. The molecular weight excluding hydrogens is 355 g/mol. The predicted molar refractivity (Wildman–Crippen MR) is 98.2 cm³/mol. The minimum absolute atomic E-state index is 0.0579. The van der Waals surface area contributed by atoms with Crippen molar-refractivity contribution in [3.63, 3.8) is 0 Å². The monoisotopic (exact) mass is 380 g/mol. The summed E-state index contributed by atoms with van der Waals surface area (Å²) in [6, 6.07) is 3.77. The van der Waals surface area contributed by atoms with Crippen molar-refractivity contribution in [2.24, 2.45) is 0 Å². The van der Waals surface area contributed by atoms with Crippen molar-refractivity contribution in [2.45, 2.75) is 32.2 Å². The minimum atomic E-state index is -0.607. The molecule has 0 saturated carbocycles. The fourth-order valence-corrected chi connectivity index (χ4v) is 3.58. The summed E-state index contributed by atoms with van der Waals surface area (Å²) in [6.45, 7) is 5.43. The lowest BCUT2D eigenvalue weighted by molar-refractivity contribution is -0.385. The van der Waals surface area contributed by atoms with Gasteiger partial charge in [0.15, 0.2) is 5.82 Å². The third-order valence-corrected chi connectivity index (χ3v) is 5.22. The Labute approximate surface area is 157 Å². The molecule has 0 aromatic heterocycles. The number of non-ortho nitro benzene ring substituents is 1. The van der Waals surface area contributed by atoms with E-state index in [9.17, 15) is 19.3 Å². The van der Waals surface area contributed by atoms with Crippen LogP contribution in [-0.2, 0) is 4.74 Å². The van der Waals surface area contributed by atoms with E-state index in [0.29, 0.717) is 25.3 Å². The Kier molecular flexibility index (Phi) is 6.10. The summed E-state index contributed by atoms with van der Waals surface area (Å²) < 4.78 is 19.7. The molecule has 1 amide bonds. The standard InChI is InChI=1S/C18H25FN4O4/c1-14-12-21(17-6-5-15(23(25)26)11-16(17)19)9-10-22(14)13-27-18(24)20-7-3-2-4-8-20/h5-6,11,14H,2-4,7-10,12-13H2,1H3. The van der Waals surface area contributed by atoms with Crippen molar-refractivity contribution in [3.8, 4) is 0 Å². The van der Waals surface area contributed by atoms with Crippen LogP contribution in [0.15, 0.2) is 18.2 Å². The Morgan fingerprint density at radius 3 is 2.63 bits per heavy atom. The van der Waals surface area contributed by atoms with E-state index < -0.39 is 10.7 Å². The lowest BCUT2D eigenvalue weighted by atomic mass is 10.1. The van der Waals surface area contributed by atoms with Crippen molar-refractivity contribution < 1.29 is 18.8 Å². The number of likely N-dealkylation sites (tertiary alicyclic amines) is 1. The molecule has 0 bridgehead atoms. The molecule has 0 aliphatic carbocycles. The Morgan fingerprint density at radius 2 is 2.00 bits per heavy atom. The average Bonchev–Trinajstić information content (AvgIpc) is 2.67. The molecule has 27 heavy (non-hydrogen) atoms. The Hall–Kier alpha value is -2.42. The van der Waals surface area contributed by atoms with Crippen molar-refractivity contribution in [1.82, 2.24) is 9.80 Å². The SMILES string of the molecule is CC1CN(c2ccc([N+](=O)[O-])cc2F)CCN1COC(=O)N1CCCCC1. The van der Waals surface area contributed by atoms with Gasteiger partial charge in [-0.25, -0.2) is 9.18 Å². The first-order valence-electron chi connectivity index (χ1n) is 9.30. The largest absolute Gasteiger partial charge is 0.433 e. The maximum atomic E-state index is 14.2. The Morgan fingerprint density at radius 1 is 1.26 bits per heavy atom. The Balaban J connectivity index is 1.53. The van der Waals surface area contributed by atoms with E-state index in [2.05, 4.69) is 0 Å². The van der Waals surface area contributed by atoms with Gasteiger partial charge < -0.3 is 14.5 Å². The van der Waals surface area contributed by atoms with E-state index in [1.165, 1.54) is 12.1 Å². The van der Waals surface area contributed by atoms with E-state index in [4.69, 9.17) is 4.74 Å². The second-order valence-corrected chi connectivity index (χ2v) is 7.09. The van der Waals surface area contributed by atoms with E-state index >= 15 is 0 Å². The van der Waals surface area contributed by atoms with Crippen LogP contribution in [0.4, 0.5) is 20.6 Å². The number of piperidine rings is 1. The minimum Gasteiger partial charge on any atom is -0.433 e. The van der Waals surface area contributed by atoms with Crippen LogP contribution in [-0.4, -0.2) is 66.3 Å². The quantitative estimate of drug-likeness (QED) is 0.590. The number of piperazine rings is 1. The smallest absolute Gasteiger partial charge is 0.411 e. The summed E-state index contributed by atoms with van der Waals surface area (Å²) in [4.78, 5) is 27.9. The van der Waals surface area contributed by atoms with E-state index in [1.807, 2.05) is 16.7 Å². The number of nitrogens with zero attached hydrogens (tertiary/aromatic N) is 4. The second kappa shape index (κ2) is 8.51. The lowest BCUT2D eigenvalue weighted by Gasteiger charge is -2.40. The first-order valence-corrected chi connectivity index (χ1v) is 9.30. The highest BCUT2D eigenvalue weighted by atomic mass is 19.1. The summed E-state index contributed by atoms with van der Waals surface area (Å²) in [6.07, 6.45) is 2.92. The lowest BCUT2D eigenvalue weighted by Crippen LogP contribution is -2.53. The molecule has 2 saturated heterocycles. The first-order chi connectivity index (χ1) is 13.0.